The Morgan fingerprint density at radius 1 is 1.12 bits per heavy atom. The average Bonchev–Trinajstić information content (AvgIpc) is 2.33. The van der Waals surface area contributed by atoms with Gasteiger partial charge in [0.1, 0.15) is 11.5 Å². The zero-order chi connectivity index (χ0) is 12.3. The Morgan fingerprint density at radius 2 is 1.88 bits per heavy atom. The molecule has 0 bridgehead atoms. The van der Waals surface area contributed by atoms with Gasteiger partial charge in [0.25, 0.3) is 0 Å². The monoisotopic (exact) mass is 290 g/mol. The molecule has 0 aliphatic heterocycles. The van der Waals surface area contributed by atoms with Gasteiger partial charge >= 0.3 is 0 Å². The maximum atomic E-state index is 10.9. The number of aryl methyl sites for hydroxylation is 1. The lowest BCUT2D eigenvalue weighted by molar-refractivity contribution is 0.112. The number of carbonyl (C=O) groups is 1. The summed E-state index contributed by atoms with van der Waals surface area (Å²) >= 11 is 3.44. The summed E-state index contributed by atoms with van der Waals surface area (Å²) in [7, 11) is 0. The molecule has 0 fully saturated rings. The molecule has 0 spiro atoms. The van der Waals surface area contributed by atoms with Crippen LogP contribution in [0.1, 0.15) is 15.9 Å². The van der Waals surface area contributed by atoms with Crippen LogP contribution in [0.4, 0.5) is 0 Å². The van der Waals surface area contributed by atoms with E-state index < -0.39 is 0 Å². The van der Waals surface area contributed by atoms with E-state index in [1.54, 1.807) is 18.2 Å². The van der Waals surface area contributed by atoms with Gasteiger partial charge in [-0.2, -0.15) is 0 Å². The molecule has 0 radical (unpaired) electrons. The topological polar surface area (TPSA) is 26.3 Å². The molecule has 0 aliphatic carbocycles. The highest BCUT2D eigenvalue weighted by atomic mass is 79.9. The molecule has 0 unspecified atom stereocenters. The van der Waals surface area contributed by atoms with E-state index in [9.17, 15) is 4.79 Å². The molecule has 2 aromatic rings. The third-order valence-corrected chi connectivity index (χ3v) is 2.97. The van der Waals surface area contributed by atoms with Crippen LogP contribution in [0.15, 0.2) is 46.9 Å². The smallest absolute Gasteiger partial charge is 0.153 e. The van der Waals surface area contributed by atoms with Crippen LogP contribution in [0.25, 0.3) is 0 Å². The SMILES string of the molecule is Cc1ccc(Oc2ccccc2C=O)c(Br)c1. The number of halogens is 1. The fourth-order valence-corrected chi connectivity index (χ4v) is 2.05. The van der Waals surface area contributed by atoms with E-state index in [4.69, 9.17) is 4.74 Å². The van der Waals surface area contributed by atoms with E-state index >= 15 is 0 Å². The summed E-state index contributed by atoms with van der Waals surface area (Å²) in [5.74, 6) is 1.26. The summed E-state index contributed by atoms with van der Waals surface area (Å²) in [5.41, 5.74) is 1.69. The normalized spacial score (nSPS) is 10.0. The number of para-hydroxylation sites is 1. The fraction of sp³-hybridized carbons (Fsp3) is 0.0714. The van der Waals surface area contributed by atoms with E-state index in [2.05, 4.69) is 15.9 Å². The predicted octanol–water partition coefficient (Wildman–Crippen LogP) is 4.36. The van der Waals surface area contributed by atoms with Crippen molar-refractivity contribution in [2.45, 2.75) is 6.92 Å². The minimum atomic E-state index is 0.542. The average molecular weight is 291 g/mol. The van der Waals surface area contributed by atoms with E-state index in [1.165, 1.54) is 0 Å². The van der Waals surface area contributed by atoms with Crippen LogP contribution in [-0.4, -0.2) is 6.29 Å². The van der Waals surface area contributed by atoms with Crippen LogP contribution in [-0.2, 0) is 0 Å². The summed E-state index contributed by atoms with van der Waals surface area (Å²) in [5, 5.41) is 0. The van der Waals surface area contributed by atoms with Crippen LogP contribution in [0.5, 0.6) is 11.5 Å². The highest BCUT2D eigenvalue weighted by Gasteiger charge is 2.06. The lowest BCUT2D eigenvalue weighted by atomic mass is 10.2. The molecule has 0 N–H and O–H groups in total. The molecular formula is C14H11BrO2. The molecule has 0 saturated heterocycles. The molecular weight excluding hydrogens is 280 g/mol. The maximum absolute atomic E-state index is 10.9. The Bertz CT molecular complexity index is 550. The molecule has 2 aromatic carbocycles. The van der Waals surface area contributed by atoms with E-state index in [-0.39, 0.29) is 0 Å². The number of benzene rings is 2. The number of ether oxygens (including phenoxy) is 1. The van der Waals surface area contributed by atoms with Crippen LogP contribution in [0.2, 0.25) is 0 Å². The van der Waals surface area contributed by atoms with Crippen LogP contribution >= 0.6 is 15.9 Å². The Kier molecular flexibility index (Phi) is 3.59. The zero-order valence-electron chi connectivity index (χ0n) is 9.31. The van der Waals surface area contributed by atoms with Gasteiger partial charge in [-0.3, -0.25) is 4.79 Å². The summed E-state index contributed by atoms with van der Waals surface area (Å²) in [6.07, 6.45) is 0.789. The summed E-state index contributed by atoms with van der Waals surface area (Å²) in [6.45, 7) is 2.01. The molecule has 0 heterocycles. The van der Waals surface area contributed by atoms with Crippen molar-refractivity contribution < 1.29 is 9.53 Å². The van der Waals surface area contributed by atoms with Crippen LogP contribution < -0.4 is 4.74 Å². The van der Waals surface area contributed by atoms with Gasteiger partial charge in [0.2, 0.25) is 0 Å². The maximum Gasteiger partial charge on any atom is 0.153 e. The predicted molar refractivity (Wildman–Crippen MR) is 70.8 cm³/mol. The number of hydrogen-bond donors (Lipinski definition) is 0. The van der Waals surface area contributed by atoms with Crippen molar-refractivity contribution >= 4 is 22.2 Å². The van der Waals surface area contributed by atoms with Gasteiger partial charge in [-0.05, 0) is 52.7 Å². The number of hydrogen-bond acceptors (Lipinski definition) is 2. The standard InChI is InChI=1S/C14H11BrO2/c1-10-6-7-14(12(15)8-10)17-13-5-3-2-4-11(13)9-16/h2-9H,1H3. The highest BCUT2D eigenvalue weighted by Crippen LogP contribution is 2.31. The van der Waals surface area contributed by atoms with Crippen molar-refractivity contribution in [2.75, 3.05) is 0 Å². The first-order valence-corrected chi connectivity index (χ1v) is 5.98. The van der Waals surface area contributed by atoms with Crippen molar-refractivity contribution in [1.82, 2.24) is 0 Å². The molecule has 2 rings (SSSR count). The first-order chi connectivity index (χ1) is 8.20. The number of aldehydes is 1. The molecule has 0 aromatic heterocycles. The largest absolute Gasteiger partial charge is 0.455 e. The molecule has 0 saturated carbocycles. The van der Waals surface area contributed by atoms with E-state index in [1.807, 2.05) is 31.2 Å². The van der Waals surface area contributed by atoms with Gasteiger partial charge in [0.15, 0.2) is 6.29 Å². The second kappa shape index (κ2) is 5.15. The quantitative estimate of drug-likeness (QED) is 0.785. The zero-order valence-corrected chi connectivity index (χ0v) is 10.9. The van der Waals surface area contributed by atoms with E-state index in [0.717, 1.165) is 16.3 Å². The minimum Gasteiger partial charge on any atom is -0.455 e. The lowest BCUT2D eigenvalue weighted by Gasteiger charge is -2.09. The van der Waals surface area contributed by atoms with Crippen molar-refractivity contribution in [3.05, 3.63) is 58.1 Å². The minimum absolute atomic E-state index is 0.542. The molecule has 0 atom stereocenters. The Balaban J connectivity index is 2.34. The first-order valence-electron chi connectivity index (χ1n) is 5.19. The molecule has 0 amide bonds. The molecule has 17 heavy (non-hydrogen) atoms. The van der Waals surface area contributed by atoms with Gasteiger partial charge in [0.05, 0.1) is 10.0 Å². The fourth-order valence-electron chi connectivity index (χ4n) is 1.48. The van der Waals surface area contributed by atoms with Crippen molar-refractivity contribution in [3.8, 4) is 11.5 Å². The van der Waals surface area contributed by atoms with Crippen molar-refractivity contribution in [1.29, 1.82) is 0 Å². The van der Waals surface area contributed by atoms with Crippen LogP contribution in [0.3, 0.4) is 0 Å². The van der Waals surface area contributed by atoms with Gasteiger partial charge in [-0.1, -0.05) is 18.2 Å². The van der Waals surface area contributed by atoms with Gasteiger partial charge in [-0.15, -0.1) is 0 Å². The number of carbonyl (C=O) groups excluding carboxylic acids is 1. The van der Waals surface area contributed by atoms with Gasteiger partial charge in [0, 0.05) is 0 Å². The second-order valence-corrected chi connectivity index (χ2v) is 4.55. The highest BCUT2D eigenvalue weighted by molar-refractivity contribution is 9.10. The molecule has 2 nitrogen and oxygen atoms in total. The molecule has 0 aliphatic rings. The van der Waals surface area contributed by atoms with Crippen molar-refractivity contribution in [3.63, 3.8) is 0 Å². The van der Waals surface area contributed by atoms with Crippen LogP contribution in [0, 0.1) is 6.92 Å². The van der Waals surface area contributed by atoms with Crippen molar-refractivity contribution in [2.24, 2.45) is 0 Å². The Morgan fingerprint density at radius 3 is 2.59 bits per heavy atom. The first kappa shape index (κ1) is 11.9. The second-order valence-electron chi connectivity index (χ2n) is 3.69. The summed E-state index contributed by atoms with van der Waals surface area (Å²) in [6, 6.07) is 13.0. The molecule has 3 heteroatoms. The third-order valence-electron chi connectivity index (χ3n) is 2.35. The van der Waals surface area contributed by atoms with E-state index in [0.29, 0.717) is 17.1 Å². The van der Waals surface area contributed by atoms with Gasteiger partial charge < -0.3 is 4.74 Å². The Labute approximate surface area is 108 Å². The Hall–Kier alpha value is -1.61. The van der Waals surface area contributed by atoms with Gasteiger partial charge in [-0.25, -0.2) is 0 Å². The summed E-state index contributed by atoms with van der Waals surface area (Å²) in [4.78, 5) is 10.9. The summed E-state index contributed by atoms with van der Waals surface area (Å²) < 4.78 is 6.58. The lowest BCUT2D eigenvalue weighted by Crippen LogP contribution is -1.90. The third kappa shape index (κ3) is 2.74. The number of rotatable bonds is 3. The molecule has 86 valence electrons.